The smallest absolute Gasteiger partial charge is 0.0724 e. The molecule has 2 heterocycles. The molecule has 0 spiro atoms. The van der Waals surface area contributed by atoms with Crippen molar-refractivity contribution < 1.29 is 5.11 Å². The van der Waals surface area contributed by atoms with Gasteiger partial charge in [0.1, 0.15) is 0 Å². The summed E-state index contributed by atoms with van der Waals surface area (Å²) in [6.45, 7) is 4.83. The highest BCUT2D eigenvalue weighted by Gasteiger charge is 2.42. The lowest BCUT2D eigenvalue weighted by Gasteiger charge is -2.47. The van der Waals surface area contributed by atoms with Crippen LogP contribution in [0.4, 0.5) is 0 Å². The molecule has 0 saturated carbocycles. The Bertz CT molecular complexity index is 697. The average Bonchev–Trinajstić information content (AvgIpc) is 2.63. The van der Waals surface area contributed by atoms with Crippen molar-refractivity contribution in [2.45, 2.75) is 25.0 Å². The summed E-state index contributed by atoms with van der Waals surface area (Å²) in [5.41, 5.74) is 3.46. The Labute approximate surface area is 168 Å². The molecule has 2 atom stereocenters. The maximum absolute atomic E-state index is 10.8. The van der Waals surface area contributed by atoms with E-state index in [1.807, 2.05) is 0 Å². The van der Waals surface area contributed by atoms with Gasteiger partial charge in [0.15, 0.2) is 0 Å². The van der Waals surface area contributed by atoms with Crippen molar-refractivity contribution in [1.29, 1.82) is 0 Å². The van der Waals surface area contributed by atoms with Gasteiger partial charge >= 0.3 is 0 Å². The number of nitrogens with one attached hydrogen (secondary N) is 1. The molecule has 0 aliphatic carbocycles. The molecule has 0 radical (unpaired) electrons. The first-order chi connectivity index (χ1) is 11.7. The summed E-state index contributed by atoms with van der Waals surface area (Å²) in [6, 6.07) is 19.4. The maximum Gasteiger partial charge on any atom is 0.0724 e. The summed E-state index contributed by atoms with van der Waals surface area (Å²) >= 11 is 0. The van der Waals surface area contributed by atoms with Crippen molar-refractivity contribution in [3.63, 3.8) is 0 Å². The fourth-order valence-electron chi connectivity index (χ4n) is 4.18. The van der Waals surface area contributed by atoms with E-state index in [0.29, 0.717) is 5.92 Å². The Kier molecular flexibility index (Phi) is 7.51. The number of hydrogen-bond acceptors (Lipinski definition) is 3. The predicted molar refractivity (Wildman–Crippen MR) is 112 cm³/mol. The minimum Gasteiger partial charge on any atom is -0.389 e. The van der Waals surface area contributed by atoms with Crippen LogP contribution in [0.25, 0.3) is 11.1 Å². The largest absolute Gasteiger partial charge is 0.389 e. The predicted octanol–water partition coefficient (Wildman–Crippen LogP) is 3.74. The van der Waals surface area contributed by atoms with E-state index in [0.717, 1.165) is 45.6 Å². The molecular formula is C21H28Cl2N2O. The number of halogens is 2. The van der Waals surface area contributed by atoms with Crippen molar-refractivity contribution in [2.24, 2.45) is 5.92 Å². The highest BCUT2D eigenvalue weighted by atomic mass is 35.5. The third-order valence-electron chi connectivity index (χ3n) is 5.67. The van der Waals surface area contributed by atoms with Gasteiger partial charge in [-0.3, -0.25) is 4.90 Å². The van der Waals surface area contributed by atoms with Gasteiger partial charge in [-0.1, -0.05) is 48.5 Å². The molecule has 26 heavy (non-hydrogen) atoms. The molecule has 4 rings (SSSR count). The highest BCUT2D eigenvalue weighted by molar-refractivity contribution is 5.85. The van der Waals surface area contributed by atoms with Crippen molar-refractivity contribution >= 4 is 24.8 Å². The molecule has 2 aliphatic rings. The second kappa shape index (κ2) is 9.20. The van der Waals surface area contributed by atoms with Gasteiger partial charge < -0.3 is 10.4 Å². The first kappa shape index (κ1) is 21.2. The summed E-state index contributed by atoms with van der Waals surface area (Å²) < 4.78 is 0. The molecule has 0 aromatic heterocycles. The van der Waals surface area contributed by atoms with Crippen LogP contribution < -0.4 is 5.32 Å². The lowest BCUT2D eigenvalue weighted by molar-refractivity contribution is -0.0899. The zero-order valence-corrected chi connectivity index (χ0v) is 16.6. The quantitative estimate of drug-likeness (QED) is 0.831. The van der Waals surface area contributed by atoms with Crippen molar-refractivity contribution in [3.8, 4) is 11.1 Å². The normalized spacial score (nSPS) is 25.5. The summed E-state index contributed by atoms with van der Waals surface area (Å²) in [6.07, 6.45) is 1.80. The highest BCUT2D eigenvalue weighted by Crippen LogP contribution is 2.33. The monoisotopic (exact) mass is 394 g/mol. The Morgan fingerprint density at radius 2 is 1.77 bits per heavy atom. The maximum atomic E-state index is 10.8. The molecule has 5 heteroatoms. The first-order valence-electron chi connectivity index (χ1n) is 9.03. The van der Waals surface area contributed by atoms with Crippen molar-refractivity contribution in [2.75, 3.05) is 26.2 Å². The second-order valence-corrected chi connectivity index (χ2v) is 7.31. The third-order valence-corrected chi connectivity index (χ3v) is 5.67. The van der Waals surface area contributed by atoms with Gasteiger partial charge in [0.05, 0.1) is 5.60 Å². The van der Waals surface area contributed by atoms with Crippen LogP contribution in [0.3, 0.4) is 0 Å². The van der Waals surface area contributed by atoms with E-state index in [1.54, 1.807) is 0 Å². The summed E-state index contributed by atoms with van der Waals surface area (Å²) in [7, 11) is 0. The topological polar surface area (TPSA) is 35.5 Å². The Morgan fingerprint density at radius 1 is 1.00 bits per heavy atom. The summed E-state index contributed by atoms with van der Waals surface area (Å²) in [5.74, 6) is 0.359. The molecule has 2 aromatic rings. The lowest BCUT2D eigenvalue weighted by Crippen LogP contribution is -2.58. The van der Waals surface area contributed by atoms with Crippen LogP contribution >= 0.6 is 24.8 Å². The number of likely N-dealkylation sites (tertiary alicyclic amines) is 1. The Hall–Kier alpha value is -1.10. The van der Waals surface area contributed by atoms with E-state index in [-0.39, 0.29) is 24.8 Å². The van der Waals surface area contributed by atoms with E-state index in [1.165, 1.54) is 16.7 Å². The molecule has 142 valence electrons. The van der Waals surface area contributed by atoms with Crippen molar-refractivity contribution in [1.82, 2.24) is 10.2 Å². The van der Waals surface area contributed by atoms with Gasteiger partial charge in [0, 0.05) is 32.1 Å². The van der Waals surface area contributed by atoms with Gasteiger partial charge in [-0.2, -0.15) is 0 Å². The number of nitrogens with zero attached hydrogens (tertiary/aromatic N) is 1. The molecule has 0 bridgehead atoms. The van der Waals surface area contributed by atoms with Gasteiger partial charge in [-0.25, -0.2) is 0 Å². The number of fused-ring (bicyclic) bond motifs is 1. The van der Waals surface area contributed by atoms with Crippen molar-refractivity contribution in [3.05, 3.63) is 60.2 Å². The van der Waals surface area contributed by atoms with Crippen LogP contribution in [0.2, 0.25) is 0 Å². The van der Waals surface area contributed by atoms with Crippen LogP contribution in [-0.4, -0.2) is 41.8 Å². The van der Waals surface area contributed by atoms with E-state index >= 15 is 0 Å². The fourth-order valence-corrected chi connectivity index (χ4v) is 4.18. The molecular weight excluding hydrogens is 367 g/mol. The van der Waals surface area contributed by atoms with E-state index in [4.69, 9.17) is 0 Å². The zero-order valence-electron chi connectivity index (χ0n) is 14.9. The number of hydrogen-bond donors (Lipinski definition) is 2. The standard InChI is InChI=1S/C21H26N2O.2ClH/c24-21-9-11-22-14-20(21)16-23(12-10-21)15-17-5-4-8-19(13-17)18-6-2-1-3-7-18;;/h1-8,13,20,22,24H,9-12,14-16H2;2*1H/t20-,21-;;/m0../s1. The van der Waals surface area contributed by atoms with Crippen LogP contribution in [0.1, 0.15) is 18.4 Å². The number of rotatable bonds is 3. The molecule has 2 saturated heterocycles. The lowest BCUT2D eigenvalue weighted by atomic mass is 9.76. The molecule has 2 aromatic carbocycles. The Morgan fingerprint density at radius 3 is 2.58 bits per heavy atom. The van der Waals surface area contributed by atoms with Gasteiger partial charge in [0.2, 0.25) is 0 Å². The van der Waals surface area contributed by atoms with E-state index in [9.17, 15) is 5.11 Å². The SMILES string of the molecule is Cl.Cl.O[C@]12CCNC[C@H]1CN(Cc1cccc(-c3ccccc3)c1)CC2. The van der Waals surface area contributed by atoms with E-state index in [2.05, 4.69) is 64.8 Å². The molecule has 2 fully saturated rings. The molecule has 2 N–H and O–H groups in total. The van der Waals surface area contributed by atoms with Crippen LogP contribution in [-0.2, 0) is 6.54 Å². The minimum atomic E-state index is -0.437. The van der Waals surface area contributed by atoms with Gasteiger partial charge in [-0.15, -0.1) is 24.8 Å². The second-order valence-electron chi connectivity index (χ2n) is 7.31. The first-order valence-corrected chi connectivity index (χ1v) is 9.03. The molecule has 3 nitrogen and oxygen atoms in total. The molecule has 0 unspecified atom stereocenters. The van der Waals surface area contributed by atoms with Gasteiger partial charge in [-0.05, 0) is 42.1 Å². The molecule has 0 amide bonds. The number of piperidine rings is 2. The molecule has 2 aliphatic heterocycles. The average molecular weight is 395 g/mol. The zero-order chi connectivity index (χ0) is 16.4. The Balaban J connectivity index is 0.00000121. The van der Waals surface area contributed by atoms with Gasteiger partial charge in [0.25, 0.3) is 0 Å². The van der Waals surface area contributed by atoms with Crippen LogP contribution in [0.15, 0.2) is 54.6 Å². The van der Waals surface area contributed by atoms with E-state index < -0.39 is 5.60 Å². The fraction of sp³-hybridized carbons (Fsp3) is 0.429. The minimum absolute atomic E-state index is 0. The van der Waals surface area contributed by atoms with Crippen LogP contribution in [0, 0.1) is 5.92 Å². The number of benzene rings is 2. The number of aliphatic hydroxyl groups is 1. The summed E-state index contributed by atoms with van der Waals surface area (Å²) in [4.78, 5) is 2.50. The third kappa shape index (κ3) is 4.59. The summed E-state index contributed by atoms with van der Waals surface area (Å²) in [5, 5.41) is 14.2. The van der Waals surface area contributed by atoms with Crippen LogP contribution in [0.5, 0.6) is 0 Å².